The lowest BCUT2D eigenvalue weighted by Crippen LogP contribution is -2.69. The summed E-state index contributed by atoms with van der Waals surface area (Å²) in [7, 11) is 1.57. The predicted molar refractivity (Wildman–Crippen MR) is 136 cm³/mol. The zero-order valence-corrected chi connectivity index (χ0v) is 20.6. The second kappa shape index (κ2) is 9.38. The van der Waals surface area contributed by atoms with Crippen molar-refractivity contribution in [3.63, 3.8) is 0 Å². The van der Waals surface area contributed by atoms with Gasteiger partial charge in [-0.2, -0.15) is 0 Å². The number of carboxylic acids is 1. The highest BCUT2D eigenvalue weighted by atomic mass is 16.7. The Labute approximate surface area is 221 Å². The van der Waals surface area contributed by atoms with Crippen molar-refractivity contribution in [3.8, 4) is 17.2 Å². The fourth-order valence-electron chi connectivity index (χ4n) is 5.01. The number of methoxy groups -OCH3 is 1. The molecule has 0 radical (unpaired) electrons. The van der Waals surface area contributed by atoms with E-state index in [-0.39, 0.29) is 18.1 Å². The molecule has 5 atom stereocenters. The Bertz CT molecular complexity index is 1580. The van der Waals surface area contributed by atoms with Gasteiger partial charge in [0.15, 0.2) is 5.60 Å². The Morgan fingerprint density at radius 2 is 1.87 bits per heavy atom. The zero-order chi connectivity index (χ0) is 27.3. The van der Waals surface area contributed by atoms with Gasteiger partial charge in [0.25, 0.3) is 0 Å². The van der Waals surface area contributed by atoms with Crippen LogP contribution in [0.4, 0.5) is 0 Å². The molecule has 0 unspecified atom stereocenters. The highest BCUT2D eigenvalue weighted by Gasteiger charge is 2.60. The molecule has 0 aliphatic carbocycles. The molecular formula is C28H25NO10. The predicted octanol–water partition coefficient (Wildman–Crippen LogP) is 0.740. The lowest BCUT2D eigenvalue weighted by Gasteiger charge is -2.47. The largest absolute Gasteiger partial charge is 0.507 e. The zero-order valence-electron chi connectivity index (χ0n) is 20.6. The summed E-state index contributed by atoms with van der Waals surface area (Å²) in [5, 5.41) is 44.0. The standard InChI is InChI=1S/C28H25NO10/c1-35-16-4-2-14(3-5-16)19-12-36-21-10-17(6-7-18(21)22(19)30)38-27-23(31)24(32)28(25(39-27)26(33)34)11-15-8-9-29-20(15)13-37-28/h2-11,13,23-25,27,29-32H,12H2,1H3,(H,33,34)/t23-,24-,25-,27-,28+/m1/s1. The van der Waals surface area contributed by atoms with Crippen LogP contribution in [0.3, 0.4) is 0 Å². The van der Waals surface area contributed by atoms with E-state index >= 15 is 0 Å². The molecule has 6 rings (SSSR count). The number of aromatic nitrogens is 1. The number of rotatable bonds is 5. The minimum absolute atomic E-state index is 0.0376. The van der Waals surface area contributed by atoms with Crippen LogP contribution in [-0.2, 0) is 14.3 Å². The first-order valence-corrected chi connectivity index (χ1v) is 12.1. The molecule has 11 heteroatoms. The van der Waals surface area contributed by atoms with Crippen molar-refractivity contribution in [3.05, 3.63) is 76.4 Å². The topological polar surface area (TPSA) is 160 Å². The van der Waals surface area contributed by atoms with E-state index in [1.165, 1.54) is 24.5 Å². The number of aromatic amines is 1. The van der Waals surface area contributed by atoms with Crippen LogP contribution >= 0.6 is 0 Å². The summed E-state index contributed by atoms with van der Waals surface area (Å²) in [4.78, 5) is 15.1. The Morgan fingerprint density at radius 1 is 1.10 bits per heavy atom. The van der Waals surface area contributed by atoms with Crippen LogP contribution in [0.25, 0.3) is 23.7 Å². The molecule has 0 saturated carbocycles. The molecule has 4 heterocycles. The molecule has 0 amide bonds. The van der Waals surface area contributed by atoms with Crippen molar-refractivity contribution >= 4 is 29.6 Å². The lowest BCUT2D eigenvalue weighted by atomic mass is 9.82. The Hall–Kier alpha value is -4.45. The Kier molecular flexibility index (Phi) is 5.98. The molecule has 11 nitrogen and oxygen atoms in total. The van der Waals surface area contributed by atoms with Gasteiger partial charge in [-0.3, -0.25) is 0 Å². The monoisotopic (exact) mass is 535 g/mol. The Balaban J connectivity index is 1.26. The SMILES string of the molecule is COc1ccc(C2=C(O)c3ccc(O[C@@H]4O[C@H](C(=O)O)[C@]5(C=c6cc[nH]c6=CO5)[C@H](O)[C@H]4O)cc3OC2)cc1. The number of hydrogen-bond acceptors (Lipinski definition) is 9. The number of carbonyl (C=O) groups is 1. The van der Waals surface area contributed by atoms with Gasteiger partial charge in [0.05, 0.1) is 18.0 Å². The number of H-pyrrole nitrogens is 1. The summed E-state index contributed by atoms with van der Waals surface area (Å²) >= 11 is 0. The van der Waals surface area contributed by atoms with Gasteiger partial charge in [-0.15, -0.1) is 0 Å². The van der Waals surface area contributed by atoms with Gasteiger partial charge in [-0.05, 0) is 42.0 Å². The molecular weight excluding hydrogens is 510 g/mol. The number of aliphatic hydroxyl groups excluding tert-OH is 3. The summed E-state index contributed by atoms with van der Waals surface area (Å²) in [5.41, 5.74) is -0.0942. The third-order valence-electron chi connectivity index (χ3n) is 7.10. The van der Waals surface area contributed by atoms with Gasteiger partial charge in [-0.25, -0.2) is 4.79 Å². The number of aliphatic hydroxyl groups is 3. The van der Waals surface area contributed by atoms with Crippen LogP contribution in [0, 0.1) is 0 Å². The Morgan fingerprint density at radius 3 is 2.62 bits per heavy atom. The van der Waals surface area contributed by atoms with Crippen molar-refractivity contribution < 1.29 is 48.9 Å². The van der Waals surface area contributed by atoms with Gasteiger partial charge < -0.3 is 49.1 Å². The third-order valence-corrected chi connectivity index (χ3v) is 7.10. The lowest BCUT2D eigenvalue weighted by molar-refractivity contribution is -0.286. The maximum Gasteiger partial charge on any atom is 0.337 e. The van der Waals surface area contributed by atoms with E-state index in [1.54, 1.807) is 37.6 Å². The smallest absolute Gasteiger partial charge is 0.337 e. The normalized spacial score (nSPS) is 27.3. The molecule has 1 aromatic heterocycles. The van der Waals surface area contributed by atoms with E-state index in [4.69, 9.17) is 23.7 Å². The van der Waals surface area contributed by atoms with E-state index in [0.717, 1.165) is 5.56 Å². The van der Waals surface area contributed by atoms with Gasteiger partial charge in [0, 0.05) is 23.1 Å². The van der Waals surface area contributed by atoms with E-state index in [2.05, 4.69) is 4.98 Å². The second-order valence-corrected chi connectivity index (χ2v) is 9.36. The number of carboxylic acid groups (broad SMARTS) is 1. The van der Waals surface area contributed by atoms with Crippen LogP contribution in [0.5, 0.6) is 17.2 Å². The van der Waals surface area contributed by atoms with Crippen LogP contribution in [0.1, 0.15) is 11.1 Å². The summed E-state index contributed by atoms with van der Waals surface area (Å²) in [6.07, 6.45) is -2.27. The fraction of sp³-hybridized carbons (Fsp3) is 0.250. The molecule has 3 aromatic rings. The van der Waals surface area contributed by atoms with Gasteiger partial charge in [0.1, 0.15) is 48.1 Å². The first-order chi connectivity index (χ1) is 18.8. The average molecular weight is 536 g/mol. The van der Waals surface area contributed by atoms with E-state index in [9.17, 15) is 25.2 Å². The van der Waals surface area contributed by atoms with Crippen LogP contribution in [-0.4, -0.2) is 75.3 Å². The number of aliphatic carboxylic acids is 1. The fourth-order valence-corrected chi connectivity index (χ4v) is 5.01. The minimum Gasteiger partial charge on any atom is -0.507 e. The van der Waals surface area contributed by atoms with Crippen LogP contribution in [0.15, 0.2) is 54.7 Å². The van der Waals surface area contributed by atoms with Crippen molar-refractivity contribution in [1.29, 1.82) is 0 Å². The second-order valence-electron chi connectivity index (χ2n) is 9.36. The summed E-state index contributed by atoms with van der Waals surface area (Å²) < 4.78 is 28.1. The number of benzene rings is 2. The van der Waals surface area contributed by atoms with Crippen LogP contribution in [0.2, 0.25) is 0 Å². The third kappa shape index (κ3) is 4.07. The van der Waals surface area contributed by atoms with Gasteiger partial charge in [-0.1, -0.05) is 12.1 Å². The molecule has 1 saturated heterocycles. The molecule has 0 bridgehead atoms. The molecule has 202 valence electrons. The number of ether oxygens (including phenoxy) is 5. The number of hydrogen-bond donors (Lipinski definition) is 5. The van der Waals surface area contributed by atoms with Crippen molar-refractivity contribution in [1.82, 2.24) is 4.98 Å². The highest BCUT2D eigenvalue weighted by Crippen LogP contribution is 2.40. The number of nitrogens with one attached hydrogen (secondary N) is 1. The molecule has 39 heavy (non-hydrogen) atoms. The average Bonchev–Trinajstić information content (AvgIpc) is 3.41. The number of fused-ring (bicyclic) bond motifs is 2. The molecule has 1 spiro atoms. The van der Waals surface area contributed by atoms with E-state index < -0.39 is 36.2 Å². The maximum atomic E-state index is 12.2. The first kappa shape index (κ1) is 24.9. The summed E-state index contributed by atoms with van der Waals surface area (Å²) in [6.45, 7) is 0.0876. The minimum atomic E-state index is -1.88. The molecule has 1 fully saturated rings. The van der Waals surface area contributed by atoms with Gasteiger partial charge in [0.2, 0.25) is 12.4 Å². The van der Waals surface area contributed by atoms with Crippen molar-refractivity contribution in [2.24, 2.45) is 0 Å². The summed E-state index contributed by atoms with van der Waals surface area (Å²) in [5.74, 6) is -0.202. The van der Waals surface area contributed by atoms with Crippen molar-refractivity contribution in [2.45, 2.75) is 30.2 Å². The van der Waals surface area contributed by atoms with Gasteiger partial charge >= 0.3 is 5.97 Å². The first-order valence-electron chi connectivity index (χ1n) is 12.1. The van der Waals surface area contributed by atoms with Crippen LogP contribution < -0.4 is 24.8 Å². The molecule has 3 aliphatic heterocycles. The van der Waals surface area contributed by atoms with Crippen molar-refractivity contribution in [2.75, 3.05) is 13.7 Å². The molecule has 5 N–H and O–H groups in total. The van der Waals surface area contributed by atoms with E-state index in [0.29, 0.717) is 33.2 Å². The quantitative estimate of drug-likeness (QED) is 0.315. The molecule has 3 aliphatic rings. The highest BCUT2D eigenvalue weighted by molar-refractivity contribution is 5.91. The molecule has 2 aromatic carbocycles. The summed E-state index contributed by atoms with van der Waals surface area (Å²) in [6, 6.07) is 13.5. The van der Waals surface area contributed by atoms with E-state index in [1.807, 2.05) is 12.1 Å². The maximum absolute atomic E-state index is 12.2.